The van der Waals surface area contributed by atoms with E-state index in [1.165, 1.54) is 6.20 Å². The summed E-state index contributed by atoms with van der Waals surface area (Å²) in [5.74, 6) is -0.492. The van der Waals surface area contributed by atoms with Crippen molar-refractivity contribution >= 4 is 11.9 Å². The third-order valence-corrected chi connectivity index (χ3v) is 2.90. The van der Waals surface area contributed by atoms with Gasteiger partial charge in [-0.15, -0.1) is 0 Å². The fraction of sp³-hybridized carbons (Fsp3) is 0.545. The number of aryl methyl sites for hydroxylation is 1. The quantitative estimate of drug-likeness (QED) is 0.797. The molecule has 1 unspecified atom stereocenters. The van der Waals surface area contributed by atoms with Crippen molar-refractivity contribution in [2.75, 3.05) is 0 Å². The Balaban J connectivity index is 2.00. The fourth-order valence-electron chi connectivity index (χ4n) is 1.79. The van der Waals surface area contributed by atoms with Crippen LogP contribution in [0.15, 0.2) is 10.7 Å². The van der Waals surface area contributed by atoms with Gasteiger partial charge in [0.25, 0.3) is 5.91 Å². The molecule has 1 heterocycles. The Morgan fingerprint density at radius 3 is 2.82 bits per heavy atom. The second kappa shape index (κ2) is 4.57. The molecular weight excluding hydrogens is 224 g/mol. The highest BCUT2D eigenvalue weighted by Crippen LogP contribution is 2.34. The Kier molecular flexibility index (Phi) is 3.12. The van der Waals surface area contributed by atoms with Crippen LogP contribution in [0.25, 0.3) is 0 Å². The summed E-state index contributed by atoms with van der Waals surface area (Å²) in [6.07, 6.45) is 3.25. The molecule has 1 atom stereocenters. The van der Waals surface area contributed by atoms with E-state index in [1.807, 2.05) is 0 Å². The summed E-state index contributed by atoms with van der Waals surface area (Å²) in [5, 5.41) is 15.0. The maximum absolute atomic E-state index is 11.8. The van der Waals surface area contributed by atoms with Crippen molar-refractivity contribution in [3.63, 3.8) is 0 Å². The molecule has 1 aliphatic carbocycles. The molecule has 1 fully saturated rings. The molecule has 0 bridgehead atoms. The van der Waals surface area contributed by atoms with Gasteiger partial charge in [-0.1, -0.05) is 5.16 Å². The van der Waals surface area contributed by atoms with Crippen LogP contribution < -0.4 is 5.32 Å². The first-order valence-electron chi connectivity index (χ1n) is 5.52. The van der Waals surface area contributed by atoms with E-state index in [4.69, 9.17) is 9.63 Å². The van der Waals surface area contributed by atoms with Gasteiger partial charge in [0.15, 0.2) is 0 Å². The van der Waals surface area contributed by atoms with Crippen LogP contribution in [0.3, 0.4) is 0 Å². The van der Waals surface area contributed by atoms with E-state index in [0.29, 0.717) is 11.3 Å². The lowest BCUT2D eigenvalue weighted by Crippen LogP contribution is -2.38. The van der Waals surface area contributed by atoms with Crippen LogP contribution in [-0.2, 0) is 4.79 Å². The van der Waals surface area contributed by atoms with E-state index in [9.17, 15) is 9.59 Å². The number of carbonyl (C=O) groups excluding carboxylic acids is 1. The summed E-state index contributed by atoms with van der Waals surface area (Å²) >= 11 is 0. The summed E-state index contributed by atoms with van der Waals surface area (Å²) in [4.78, 5) is 22.5. The first kappa shape index (κ1) is 11.6. The number of carbonyl (C=O) groups is 2. The number of rotatable bonds is 5. The van der Waals surface area contributed by atoms with Gasteiger partial charge >= 0.3 is 5.97 Å². The van der Waals surface area contributed by atoms with Gasteiger partial charge in [-0.05, 0) is 25.7 Å². The lowest BCUT2D eigenvalue weighted by molar-refractivity contribution is -0.137. The smallest absolute Gasteiger partial charge is 0.305 e. The normalized spacial score (nSPS) is 16.5. The molecule has 0 spiro atoms. The van der Waals surface area contributed by atoms with E-state index < -0.39 is 5.97 Å². The van der Waals surface area contributed by atoms with Gasteiger partial charge in [0, 0.05) is 6.04 Å². The van der Waals surface area contributed by atoms with Gasteiger partial charge in [0.2, 0.25) is 0 Å². The van der Waals surface area contributed by atoms with Crippen molar-refractivity contribution in [1.29, 1.82) is 0 Å². The maximum atomic E-state index is 11.8. The fourth-order valence-corrected chi connectivity index (χ4v) is 1.79. The van der Waals surface area contributed by atoms with E-state index in [0.717, 1.165) is 12.8 Å². The molecule has 6 nitrogen and oxygen atoms in total. The molecule has 92 valence electrons. The average Bonchev–Trinajstić information content (AvgIpc) is 3.00. The van der Waals surface area contributed by atoms with Crippen LogP contribution in [0.5, 0.6) is 0 Å². The molecule has 6 heteroatoms. The molecule has 0 aliphatic heterocycles. The molecule has 1 aromatic rings. The maximum Gasteiger partial charge on any atom is 0.305 e. The Labute approximate surface area is 98.0 Å². The minimum atomic E-state index is -0.899. The highest BCUT2D eigenvalue weighted by molar-refractivity contribution is 5.95. The zero-order valence-corrected chi connectivity index (χ0v) is 9.47. The Bertz CT molecular complexity index is 436. The summed E-state index contributed by atoms with van der Waals surface area (Å²) in [6.45, 7) is 1.64. The monoisotopic (exact) mass is 238 g/mol. The van der Waals surface area contributed by atoms with Crippen molar-refractivity contribution in [2.24, 2.45) is 5.92 Å². The van der Waals surface area contributed by atoms with Gasteiger partial charge in [0.05, 0.1) is 12.6 Å². The highest BCUT2D eigenvalue weighted by atomic mass is 16.5. The summed E-state index contributed by atoms with van der Waals surface area (Å²) in [5.41, 5.74) is 0.362. The molecule has 1 saturated carbocycles. The zero-order chi connectivity index (χ0) is 12.4. The van der Waals surface area contributed by atoms with E-state index in [2.05, 4.69) is 10.5 Å². The molecule has 0 radical (unpaired) electrons. The van der Waals surface area contributed by atoms with Crippen LogP contribution in [0, 0.1) is 12.8 Å². The molecule has 17 heavy (non-hydrogen) atoms. The van der Waals surface area contributed by atoms with Crippen molar-refractivity contribution in [3.8, 4) is 0 Å². The second-order valence-corrected chi connectivity index (χ2v) is 4.31. The first-order valence-corrected chi connectivity index (χ1v) is 5.52. The SMILES string of the molecule is Cc1oncc1C(=O)NC(CC(=O)O)C1CC1. The topological polar surface area (TPSA) is 92.4 Å². The lowest BCUT2D eigenvalue weighted by Gasteiger charge is -2.15. The minimum absolute atomic E-state index is 0.0409. The molecule has 2 rings (SSSR count). The first-order chi connectivity index (χ1) is 8.08. The standard InChI is InChI=1S/C11H14N2O4/c1-6-8(5-12-17-6)11(16)13-9(4-10(14)15)7-2-3-7/h5,7,9H,2-4H2,1H3,(H,13,16)(H,14,15). The molecule has 1 aliphatic rings. The molecule has 1 aromatic heterocycles. The van der Waals surface area contributed by atoms with Gasteiger partial charge < -0.3 is 14.9 Å². The summed E-state index contributed by atoms with van der Waals surface area (Å²) < 4.78 is 4.80. The highest BCUT2D eigenvalue weighted by Gasteiger charge is 2.34. The van der Waals surface area contributed by atoms with Crippen LogP contribution in [0.2, 0.25) is 0 Å². The number of nitrogens with zero attached hydrogens (tertiary/aromatic N) is 1. The van der Waals surface area contributed by atoms with Crippen LogP contribution >= 0.6 is 0 Å². The minimum Gasteiger partial charge on any atom is -0.481 e. The third-order valence-electron chi connectivity index (χ3n) is 2.90. The number of carboxylic acids is 1. The Morgan fingerprint density at radius 2 is 2.35 bits per heavy atom. The van der Waals surface area contributed by atoms with E-state index in [-0.39, 0.29) is 24.3 Å². The Morgan fingerprint density at radius 1 is 1.65 bits per heavy atom. The number of carboxylic acid groups (broad SMARTS) is 1. The summed E-state index contributed by atoms with van der Waals surface area (Å²) in [7, 11) is 0. The van der Waals surface area contributed by atoms with Crippen LogP contribution in [-0.4, -0.2) is 28.2 Å². The summed E-state index contributed by atoms with van der Waals surface area (Å²) in [6, 6.07) is -0.297. The number of amides is 1. The van der Waals surface area contributed by atoms with Crippen molar-refractivity contribution in [3.05, 3.63) is 17.5 Å². The van der Waals surface area contributed by atoms with Crippen LogP contribution in [0.1, 0.15) is 35.4 Å². The number of aromatic nitrogens is 1. The zero-order valence-electron chi connectivity index (χ0n) is 9.47. The molecular formula is C11H14N2O4. The van der Waals surface area contributed by atoms with Gasteiger partial charge in [0.1, 0.15) is 11.3 Å². The molecule has 0 saturated heterocycles. The third kappa shape index (κ3) is 2.83. The molecule has 1 amide bonds. The van der Waals surface area contributed by atoms with Crippen molar-refractivity contribution < 1.29 is 19.2 Å². The van der Waals surface area contributed by atoms with Gasteiger partial charge in [-0.2, -0.15) is 0 Å². The molecule has 0 aromatic carbocycles. The van der Waals surface area contributed by atoms with Gasteiger partial charge in [-0.3, -0.25) is 9.59 Å². The number of hydrogen-bond donors (Lipinski definition) is 2. The lowest BCUT2D eigenvalue weighted by atomic mass is 10.1. The number of nitrogens with one attached hydrogen (secondary N) is 1. The second-order valence-electron chi connectivity index (χ2n) is 4.31. The van der Waals surface area contributed by atoms with Crippen LogP contribution in [0.4, 0.5) is 0 Å². The predicted molar refractivity (Wildman–Crippen MR) is 57.5 cm³/mol. The number of aliphatic carboxylic acids is 1. The Hall–Kier alpha value is -1.85. The van der Waals surface area contributed by atoms with Gasteiger partial charge in [-0.25, -0.2) is 0 Å². The number of hydrogen-bond acceptors (Lipinski definition) is 4. The predicted octanol–water partition coefficient (Wildman–Crippen LogP) is 0.966. The van der Waals surface area contributed by atoms with Crippen molar-refractivity contribution in [1.82, 2.24) is 10.5 Å². The largest absolute Gasteiger partial charge is 0.481 e. The van der Waals surface area contributed by atoms with Crippen molar-refractivity contribution in [2.45, 2.75) is 32.2 Å². The van der Waals surface area contributed by atoms with E-state index >= 15 is 0 Å². The molecule has 2 N–H and O–H groups in total. The average molecular weight is 238 g/mol. The van der Waals surface area contributed by atoms with E-state index in [1.54, 1.807) is 6.92 Å².